The highest BCUT2D eigenvalue weighted by Gasteiger charge is 2.04. The van der Waals surface area contributed by atoms with Crippen LogP contribution in [-0.4, -0.2) is 15.9 Å². The first-order chi connectivity index (χ1) is 8.74. The molecule has 1 amide bonds. The van der Waals surface area contributed by atoms with Crippen molar-refractivity contribution >= 4 is 11.9 Å². The van der Waals surface area contributed by atoms with Gasteiger partial charge in [-0.3, -0.25) is 10.1 Å². The molecule has 4 nitrogen and oxygen atoms in total. The summed E-state index contributed by atoms with van der Waals surface area (Å²) in [6.45, 7) is 1.86. The monoisotopic (exact) mass is 241 g/mol. The maximum atomic E-state index is 11.7. The number of amides is 1. The van der Waals surface area contributed by atoms with Crippen molar-refractivity contribution in [3.05, 3.63) is 53.9 Å². The zero-order valence-corrected chi connectivity index (χ0v) is 10.3. The molecule has 2 rings (SSSR count). The Bertz CT molecular complexity index is 526. The Morgan fingerprint density at radius 3 is 2.72 bits per heavy atom. The largest absolute Gasteiger partial charge is 0.295 e. The van der Waals surface area contributed by atoms with Gasteiger partial charge in [0.15, 0.2) is 0 Å². The Balaban J connectivity index is 1.86. The van der Waals surface area contributed by atoms with Crippen LogP contribution in [0.3, 0.4) is 0 Å². The highest BCUT2D eigenvalue weighted by atomic mass is 16.1. The number of anilines is 1. The number of aryl methyl sites for hydroxylation is 2. The molecule has 0 atom stereocenters. The average Bonchev–Trinajstić information content (AvgIpc) is 2.38. The van der Waals surface area contributed by atoms with E-state index in [9.17, 15) is 4.79 Å². The molecule has 0 aliphatic rings. The van der Waals surface area contributed by atoms with Crippen LogP contribution in [-0.2, 0) is 11.2 Å². The van der Waals surface area contributed by atoms with E-state index in [1.165, 1.54) is 0 Å². The third-order valence-electron chi connectivity index (χ3n) is 2.53. The summed E-state index contributed by atoms with van der Waals surface area (Å²) < 4.78 is 0. The van der Waals surface area contributed by atoms with Crippen molar-refractivity contribution in [1.29, 1.82) is 0 Å². The number of carbonyl (C=O) groups is 1. The molecule has 0 aliphatic carbocycles. The fourth-order valence-electron chi connectivity index (χ4n) is 1.60. The second-order valence-electron chi connectivity index (χ2n) is 4.06. The van der Waals surface area contributed by atoms with Crippen LogP contribution >= 0.6 is 0 Å². The normalized spacial score (nSPS) is 10.1. The number of benzene rings is 1. The highest BCUT2D eigenvalue weighted by Crippen LogP contribution is 2.04. The molecule has 0 spiro atoms. The van der Waals surface area contributed by atoms with Crippen molar-refractivity contribution < 1.29 is 4.79 Å². The van der Waals surface area contributed by atoms with Crippen molar-refractivity contribution in [1.82, 2.24) is 9.97 Å². The molecule has 1 aromatic carbocycles. The molecule has 1 aromatic heterocycles. The minimum atomic E-state index is -0.0653. The molecule has 92 valence electrons. The number of hydrogen-bond acceptors (Lipinski definition) is 3. The standard InChI is InChI=1S/C14H15N3O/c1-11-9-10-15-14(16-11)17-13(18)8-7-12-5-3-2-4-6-12/h2-6,9-10H,7-8H2,1H3,(H,15,16,17,18). The molecule has 0 aliphatic heterocycles. The predicted molar refractivity (Wildman–Crippen MR) is 70.2 cm³/mol. The minimum Gasteiger partial charge on any atom is -0.295 e. The summed E-state index contributed by atoms with van der Waals surface area (Å²) in [5.74, 6) is 0.303. The quantitative estimate of drug-likeness (QED) is 0.894. The van der Waals surface area contributed by atoms with Crippen LogP contribution in [0.5, 0.6) is 0 Å². The van der Waals surface area contributed by atoms with E-state index in [2.05, 4.69) is 15.3 Å². The molecule has 2 aromatic rings. The first-order valence-corrected chi connectivity index (χ1v) is 5.87. The molecule has 0 fully saturated rings. The van der Waals surface area contributed by atoms with Crippen LogP contribution in [0.2, 0.25) is 0 Å². The van der Waals surface area contributed by atoms with Gasteiger partial charge in [0, 0.05) is 18.3 Å². The Morgan fingerprint density at radius 1 is 1.22 bits per heavy atom. The van der Waals surface area contributed by atoms with Crippen LogP contribution in [0.25, 0.3) is 0 Å². The van der Waals surface area contributed by atoms with Gasteiger partial charge in [0.05, 0.1) is 0 Å². The van der Waals surface area contributed by atoms with Crippen molar-refractivity contribution in [2.24, 2.45) is 0 Å². The lowest BCUT2D eigenvalue weighted by Gasteiger charge is -2.04. The number of carbonyl (C=O) groups excluding carboxylic acids is 1. The van der Waals surface area contributed by atoms with Crippen molar-refractivity contribution in [2.45, 2.75) is 19.8 Å². The average molecular weight is 241 g/mol. The summed E-state index contributed by atoms with van der Waals surface area (Å²) in [7, 11) is 0. The van der Waals surface area contributed by atoms with Gasteiger partial charge >= 0.3 is 0 Å². The molecule has 0 saturated carbocycles. The first-order valence-electron chi connectivity index (χ1n) is 5.87. The minimum absolute atomic E-state index is 0.0653. The number of nitrogens with one attached hydrogen (secondary N) is 1. The van der Waals surface area contributed by atoms with Gasteiger partial charge in [-0.05, 0) is 25.0 Å². The van der Waals surface area contributed by atoms with Gasteiger partial charge in [-0.25, -0.2) is 9.97 Å². The van der Waals surface area contributed by atoms with E-state index >= 15 is 0 Å². The molecule has 0 radical (unpaired) electrons. The molecule has 0 bridgehead atoms. The van der Waals surface area contributed by atoms with Gasteiger partial charge in [0.2, 0.25) is 11.9 Å². The van der Waals surface area contributed by atoms with E-state index in [1.807, 2.05) is 37.3 Å². The Hall–Kier alpha value is -2.23. The smallest absolute Gasteiger partial charge is 0.229 e. The van der Waals surface area contributed by atoms with E-state index < -0.39 is 0 Å². The zero-order valence-electron chi connectivity index (χ0n) is 10.3. The van der Waals surface area contributed by atoms with Gasteiger partial charge in [-0.15, -0.1) is 0 Å². The van der Waals surface area contributed by atoms with Gasteiger partial charge in [-0.1, -0.05) is 30.3 Å². The third kappa shape index (κ3) is 3.66. The lowest BCUT2D eigenvalue weighted by Crippen LogP contribution is -2.14. The highest BCUT2D eigenvalue weighted by molar-refractivity contribution is 5.89. The first kappa shape index (κ1) is 12.2. The van der Waals surface area contributed by atoms with E-state index in [4.69, 9.17) is 0 Å². The third-order valence-corrected chi connectivity index (χ3v) is 2.53. The van der Waals surface area contributed by atoms with E-state index in [-0.39, 0.29) is 5.91 Å². The SMILES string of the molecule is Cc1ccnc(NC(=O)CCc2ccccc2)n1. The van der Waals surface area contributed by atoms with Crippen molar-refractivity contribution in [3.63, 3.8) is 0 Å². The number of aromatic nitrogens is 2. The molecule has 1 N–H and O–H groups in total. The summed E-state index contributed by atoms with van der Waals surface area (Å²) in [4.78, 5) is 19.8. The summed E-state index contributed by atoms with van der Waals surface area (Å²) in [6.07, 6.45) is 2.79. The van der Waals surface area contributed by atoms with Crippen LogP contribution in [0, 0.1) is 6.92 Å². The Morgan fingerprint density at radius 2 is 2.00 bits per heavy atom. The molecular formula is C14H15N3O. The zero-order chi connectivity index (χ0) is 12.8. The number of nitrogens with zero attached hydrogens (tertiary/aromatic N) is 2. The fourth-order valence-corrected chi connectivity index (χ4v) is 1.60. The summed E-state index contributed by atoms with van der Waals surface area (Å²) in [5.41, 5.74) is 1.99. The predicted octanol–water partition coefficient (Wildman–Crippen LogP) is 2.36. The lowest BCUT2D eigenvalue weighted by atomic mass is 10.1. The lowest BCUT2D eigenvalue weighted by molar-refractivity contribution is -0.116. The van der Waals surface area contributed by atoms with Gasteiger partial charge in [0.1, 0.15) is 0 Å². The Labute approximate surface area is 106 Å². The molecule has 4 heteroatoms. The van der Waals surface area contributed by atoms with Crippen LogP contribution in [0.15, 0.2) is 42.6 Å². The van der Waals surface area contributed by atoms with Crippen molar-refractivity contribution in [2.75, 3.05) is 5.32 Å². The molecule has 0 saturated heterocycles. The summed E-state index contributed by atoms with van der Waals surface area (Å²) >= 11 is 0. The van der Waals surface area contributed by atoms with E-state index in [1.54, 1.807) is 12.3 Å². The molecule has 1 heterocycles. The summed E-state index contributed by atoms with van der Waals surface area (Å²) in [6, 6.07) is 11.7. The van der Waals surface area contributed by atoms with Gasteiger partial charge in [-0.2, -0.15) is 0 Å². The second kappa shape index (κ2) is 5.91. The molecular weight excluding hydrogens is 226 g/mol. The summed E-state index contributed by atoms with van der Waals surface area (Å²) in [5, 5.41) is 2.69. The van der Waals surface area contributed by atoms with Crippen LogP contribution in [0.4, 0.5) is 5.95 Å². The van der Waals surface area contributed by atoms with Crippen molar-refractivity contribution in [3.8, 4) is 0 Å². The number of rotatable bonds is 4. The maximum absolute atomic E-state index is 11.7. The van der Waals surface area contributed by atoms with Crippen LogP contribution in [0.1, 0.15) is 17.7 Å². The molecule has 18 heavy (non-hydrogen) atoms. The van der Waals surface area contributed by atoms with Gasteiger partial charge < -0.3 is 0 Å². The van der Waals surface area contributed by atoms with E-state index in [0.29, 0.717) is 12.4 Å². The number of hydrogen-bond donors (Lipinski definition) is 1. The second-order valence-corrected chi connectivity index (χ2v) is 4.06. The maximum Gasteiger partial charge on any atom is 0.229 e. The Kier molecular flexibility index (Phi) is 4.02. The van der Waals surface area contributed by atoms with Crippen LogP contribution < -0.4 is 5.32 Å². The molecule has 0 unspecified atom stereocenters. The van der Waals surface area contributed by atoms with E-state index in [0.717, 1.165) is 17.7 Å². The topological polar surface area (TPSA) is 54.9 Å². The fraction of sp³-hybridized carbons (Fsp3) is 0.214. The van der Waals surface area contributed by atoms with Gasteiger partial charge in [0.25, 0.3) is 0 Å².